The predicted octanol–water partition coefficient (Wildman–Crippen LogP) is 0.252. The third-order valence-corrected chi connectivity index (χ3v) is 1.67. The van der Waals surface area contributed by atoms with Crippen LogP contribution in [0.25, 0.3) is 0 Å². The Kier molecular flexibility index (Phi) is 4.30. The van der Waals surface area contributed by atoms with Crippen LogP contribution in [0.4, 0.5) is 0 Å². The number of aliphatic hydroxyl groups is 1. The molecule has 0 bridgehead atoms. The highest BCUT2D eigenvalue weighted by atomic mass is 16.4. The number of hydrogen-bond donors (Lipinski definition) is 3. The molecule has 0 radical (unpaired) electrons. The van der Waals surface area contributed by atoms with Crippen LogP contribution < -0.4 is 5.32 Å². The number of nitrogens with one attached hydrogen (secondary N) is 1. The third kappa shape index (κ3) is 3.18. The number of carboxylic acid groups (broad SMARTS) is 1. The summed E-state index contributed by atoms with van der Waals surface area (Å²) < 4.78 is 0. The average molecular weight is 201 g/mol. The van der Waals surface area contributed by atoms with E-state index in [1.165, 1.54) is 6.92 Å². The summed E-state index contributed by atoms with van der Waals surface area (Å²) in [6, 6.07) is 0. The van der Waals surface area contributed by atoms with Gasteiger partial charge in [0.15, 0.2) is 0 Å². The largest absolute Gasteiger partial charge is 0.478 e. The van der Waals surface area contributed by atoms with Crippen molar-refractivity contribution >= 4 is 11.9 Å². The standard InChI is InChI=1S/C9H15NO4/c1-4-5-9(14,8(12)13)10-7(11)6(2)3/h14H,2,4-5H2,1,3H3,(H,10,11)(H,12,13). The topological polar surface area (TPSA) is 86.6 Å². The van der Waals surface area contributed by atoms with Gasteiger partial charge in [0.25, 0.3) is 0 Å². The van der Waals surface area contributed by atoms with E-state index in [0.717, 1.165) is 0 Å². The van der Waals surface area contributed by atoms with E-state index in [1.807, 2.05) is 5.32 Å². The second-order valence-corrected chi connectivity index (χ2v) is 3.15. The van der Waals surface area contributed by atoms with Crippen LogP contribution in [0.5, 0.6) is 0 Å². The summed E-state index contributed by atoms with van der Waals surface area (Å²) in [6.07, 6.45) is 0.403. The fourth-order valence-electron chi connectivity index (χ4n) is 0.879. The Bertz CT molecular complexity index is 262. The highest BCUT2D eigenvalue weighted by Gasteiger charge is 2.36. The van der Waals surface area contributed by atoms with E-state index in [4.69, 9.17) is 5.11 Å². The molecule has 0 aromatic rings. The van der Waals surface area contributed by atoms with Gasteiger partial charge in [0.05, 0.1) is 0 Å². The van der Waals surface area contributed by atoms with E-state index in [1.54, 1.807) is 6.92 Å². The minimum Gasteiger partial charge on any atom is -0.478 e. The molecule has 0 heterocycles. The van der Waals surface area contributed by atoms with Gasteiger partial charge in [-0.3, -0.25) is 4.79 Å². The number of carbonyl (C=O) groups excluding carboxylic acids is 1. The zero-order valence-corrected chi connectivity index (χ0v) is 8.33. The second-order valence-electron chi connectivity index (χ2n) is 3.15. The van der Waals surface area contributed by atoms with Gasteiger partial charge in [0, 0.05) is 12.0 Å². The van der Waals surface area contributed by atoms with Gasteiger partial charge in [-0.2, -0.15) is 0 Å². The van der Waals surface area contributed by atoms with Crippen LogP contribution in [-0.2, 0) is 9.59 Å². The number of aliphatic carboxylic acids is 1. The summed E-state index contributed by atoms with van der Waals surface area (Å²) in [5.41, 5.74) is -2.04. The first kappa shape index (κ1) is 12.6. The smallest absolute Gasteiger partial charge is 0.357 e. The molecule has 1 unspecified atom stereocenters. The van der Waals surface area contributed by atoms with Gasteiger partial charge in [-0.15, -0.1) is 0 Å². The van der Waals surface area contributed by atoms with Gasteiger partial charge < -0.3 is 15.5 Å². The van der Waals surface area contributed by atoms with E-state index in [-0.39, 0.29) is 12.0 Å². The monoisotopic (exact) mass is 201 g/mol. The minimum absolute atomic E-state index is 0.0403. The van der Waals surface area contributed by atoms with Gasteiger partial charge in [-0.1, -0.05) is 19.9 Å². The van der Waals surface area contributed by atoms with Gasteiger partial charge in [0.2, 0.25) is 11.6 Å². The first-order valence-corrected chi connectivity index (χ1v) is 4.27. The molecule has 80 valence electrons. The van der Waals surface area contributed by atoms with Crippen molar-refractivity contribution in [3.63, 3.8) is 0 Å². The predicted molar refractivity (Wildman–Crippen MR) is 50.5 cm³/mol. The van der Waals surface area contributed by atoms with E-state index >= 15 is 0 Å². The maximum absolute atomic E-state index is 11.1. The molecule has 3 N–H and O–H groups in total. The zero-order chi connectivity index (χ0) is 11.4. The molecule has 0 fully saturated rings. The quantitative estimate of drug-likeness (QED) is 0.439. The molecular weight excluding hydrogens is 186 g/mol. The normalized spacial score (nSPS) is 14.2. The molecule has 0 aromatic carbocycles. The number of carboxylic acids is 1. The molecule has 0 aliphatic carbocycles. The average Bonchev–Trinajstić information content (AvgIpc) is 2.03. The highest BCUT2D eigenvalue weighted by molar-refractivity contribution is 5.95. The van der Waals surface area contributed by atoms with Crippen LogP contribution >= 0.6 is 0 Å². The van der Waals surface area contributed by atoms with E-state index < -0.39 is 17.6 Å². The van der Waals surface area contributed by atoms with Crippen LogP contribution in [0.2, 0.25) is 0 Å². The Morgan fingerprint density at radius 2 is 2.00 bits per heavy atom. The lowest BCUT2D eigenvalue weighted by molar-refractivity contribution is -0.165. The van der Waals surface area contributed by atoms with Crippen LogP contribution in [0.15, 0.2) is 12.2 Å². The number of amides is 1. The van der Waals surface area contributed by atoms with Crippen LogP contribution in [-0.4, -0.2) is 27.8 Å². The lowest BCUT2D eigenvalue weighted by Gasteiger charge is -2.23. The summed E-state index contributed by atoms with van der Waals surface area (Å²) in [5, 5.41) is 20.2. The van der Waals surface area contributed by atoms with Crippen LogP contribution in [0.1, 0.15) is 26.7 Å². The molecule has 14 heavy (non-hydrogen) atoms. The van der Waals surface area contributed by atoms with Gasteiger partial charge in [0.1, 0.15) is 0 Å². The molecule has 0 saturated heterocycles. The van der Waals surface area contributed by atoms with Crippen LogP contribution in [0.3, 0.4) is 0 Å². The lowest BCUT2D eigenvalue weighted by atomic mass is 10.1. The Labute approximate surface area is 82.4 Å². The Morgan fingerprint density at radius 3 is 2.29 bits per heavy atom. The molecule has 5 heteroatoms. The van der Waals surface area contributed by atoms with E-state index in [2.05, 4.69) is 6.58 Å². The molecular formula is C9H15NO4. The summed E-state index contributed by atoms with van der Waals surface area (Å²) >= 11 is 0. The van der Waals surface area contributed by atoms with Crippen molar-refractivity contribution in [2.45, 2.75) is 32.4 Å². The van der Waals surface area contributed by atoms with Crippen LogP contribution in [0, 0.1) is 0 Å². The molecule has 0 aliphatic heterocycles. The summed E-state index contributed by atoms with van der Waals surface area (Å²) in [4.78, 5) is 21.8. The first-order valence-electron chi connectivity index (χ1n) is 4.27. The van der Waals surface area contributed by atoms with Gasteiger partial charge in [-0.05, 0) is 6.92 Å². The number of carbonyl (C=O) groups is 2. The minimum atomic E-state index is -2.19. The molecule has 0 saturated carbocycles. The van der Waals surface area contributed by atoms with Crippen molar-refractivity contribution in [1.29, 1.82) is 0 Å². The maximum atomic E-state index is 11.1. The molecule has 0 aliphatic rings. The van der Waals surface area contributed by atoms with E-state index in [0.29, 0.717) is 6.42 Å². The van der Waals surface area contributed by atoms with Crippen molar-refractivity contribution < 1.29 is 19.8 Å². The number of hydrogen-bond acceptors (Lipinski definition) is 3. The second kappa shape index (κ2) is 4.76. The lowest BCUT2D eigenvalue weighted by Crippen LogP contribution is -2.54. The van der Waals surface area contributed by atoms with Crippen molar-refractivity contribution in [2.75, 3.05) is 0 Å². The first-order chi connectivity index (χ1) is 6.33. The van der Waals surface area contributed by atoms with E-state index in [9.17, 15) is 14.7 Å². The van der Waals surface area contributed by atoms with Gasteiger partial charge in [-0.25, -0.2) is 4.79 Å². The Hall–Kier alpha value is -1.36. The third-order valence-electron chi connectivity index (χ3n) is 1.67. The van der Waals surface area contributed by atoms with Crippen molar-refractivity contribution in [1.82, 2.24) is 5.32 Å². The molecule has 5 nitrogen and oxygen atoms in total. The van der Waals surface area contributed by atoms with Crippen molar-refractivity contribution in [2.24, 2.45) is 0 Å². The fourth-order valence-corrected chi connectivity index (χ4v) is 0.879. The summed E-state index contributed by atoms with van der Waals surface area (Å²) in [6.45, 7) is 6.49. The van der Waals surface area contributed by atoms with Crippen molar-refractivity contribution in [3.05, 3.63) is 12.2 Å². The summed E-state index contributed by atoms with van der Waals surface area (Å²) in [5.74, 6) is -2.13. The fraction of sp³-hybridized carbons (Fsp3) is 0.556. The summed E-state index contributed by atoms with van der Waals surface area (Å²) in [7, 11) is 0. The molecule has 1 amide bonds. The zero-order valence-electron chi connectivity index (χ0n) is 8.33. The highest BCUT2D eigenvalue weighted by Crippen LogP contribution is 2.10. The van der Waals surface area contributed by atoms with Gasteiger partial charge >= 0.3 is 5.97 Å². The SMILES string of the molecule is C=C(C)C(=O)NC(O)(CCC)C(=O)O. The maximum Gasteiger partial charge on any atom is 0.357 e. The molecule has 0 rings (SSSR count). The number of rotatable bonds is 5. The van der Waals surface area contributed by atoms with Crippen molar-refractivity contribution in [3.8, 4) is 0 Å². The molecule has 0 spiro atoms. The molecule has 0 aromatic heterocycles. The molecule has 1 atom stereocenters. The Balaban J connectivity index is 4.60. The Morgan fingerprint density at radius 1 is 1.50 bits per heavy atom.